The van der Waals surface area contributed by atoms with E-state index in [9.17, 15) is 14.0 Å². The largest absolute Gasteiger partial charge is 0.469 e. The van der Waals surface area contributed by atoms with E-state index in [0.717, 1.165) is 16.8 Å². The molecule has 26 heavy (non-hydrogen) atoms. The van der Waals surface area contributed by atoms with Gasteiger partial charge in [-0.2, -0.15) is 0 Å². The van der Waals surface area contributed by atoms with Crippen molar-refractivity contribution >= 4 is 39.2 Å². The highest BCUT2D eigenvalue weighted by molar-refractivity contribution is 9.10. The minimum Gasteiger partial charge on any atom is -0.469 e. The lowest BCUT2D eigenvalue weighted by atomic mass is 10.0. The first-order valence-corrected chi connectivity index (χ1v) is 9.17. The van der Waals surface area contributed by atoms with Crippen LogP contribution in [-0.2, 0) is 27.2 Å². The molecule has 0 aliphatic rings. The van der Waals surface area contributed by atoms with Gasteiger partial charge >= 0.3 is 5.97 Å². The zero-order valence-electron chi connectivity index (χ0n) is 15.0. The van der Waals surface area contributed by atoms with Gasteiger partial charge in [0.25, 0.3) is 0 Å². The minimum absolute atomic E-state index is 0.248. The maximum Gasteiger partial charge on any atom is 0.315 e. The quantitative estimate of drug-likeness (QED) is 0.490. The summed E-state index contributed by atoms with van der Waals surface area (Å²) in [6.07, 6.45) is 1.04. The number of halogens is 2. The lowest BCUT2D eigenvalue weighted by Gasteiger charge is -2.27. The maximum atomic E-state index is 13.7. The number of carbonyl (C=O) groups excluding carboxylic acids is 2. The third kappa shape index (κ3) is 4.30. The van der Waals surface area contributed by atoms with Gasteiger partial charge in [-0.1, -0.05) is 32.0 Å². The number of hydrogen-bond donors (Lipinski definition) is 0. The maximum absolute atomic E-state index is 13.7. The van der Waals surface area contributed by atoms with Crippen LogP contribution in [0, 0.1) is 5.82 Å². The van der Waals surface area contributed by atoms with E-state index in [1.807, 2.05) is 32.0 Å². The van der Waals surface area contributed by atoms with E-state index in [1.54, 1.807) is 0 Å². The molecule has 0 saturated heterocycles. The van der Waals surface area contributed by atoms with Crippen LogP contribution >= 0.6 is 15.9 Å². The van der Waals surface area contributed by atoms with Gasteiger partial charge in [-0.3, -0.25) is 14.5 Å². The third-order valence-electron chi connectivity index (χ3n) is 4.12. The summed E-state index contributed by atoms with van der Waals surface area (Å²) in [5.74, 6) is -1.47. The van der Waals surface area contributed by atoms with Crippen molar-refractivity contribution < 1.29 is 18.7 Å². The Balaban J connectivity index is 2.66. The molecule has 138 valence electrons. The molecule has 4 nitrogen and oxygen atoms in total. The SMILES string of the molecule is CCc1cccc(CC)c1N(C(=O)CC(=O)OC)c1ccc(F)c(Br)c1. The first-order chi connectivity index (χ1) is 12.4. The number of ether oxygens (including phenoxy) is 1. The molecule has 0 saturated carbocycles. The fourth-order valence-electron chi connectivity index (χ4n) is 2.80. The predicted octanol–water partition coefficient (Wildman–Crippen LogP) is 4.94. The number of nitrogens with zero attached hydrogens (tertiary/aromatic N) is 1. The monoisotopic (exact) mass is 421 g/mol. The van der Waals surface area contributed by atoms with Crippen LogP contribution in [0.25, 0.3) is 0 Å². The summed E-state index contributed by atoms with van der Waals surface area (Å²) < 4.78 is 18.6. The highest BCUT2D eigenvalue weighted by atomic mass is 79.9. The van der Waals surface area contributed by atoms with Crippen LogP contribution in [0.4, 0.5) is 15.8 Å². The van der Waals surface area contributed by atoms with Crippen LogP contribution < -0.4 is 4.90 Å². The van der Waals surface area contributed by atoms with Crippen molar-refractivity contribution in [1.82, 2.24) is 0 Å². The van der Waals surface area contributed by atoms with Crippen LogP contribution in [0.2, 0.25) is 0 Å². The van der Waals surface area contributed by atoms with E-state index in [-0.39, 0.29) is 4.47 Å². The van der Waals surface area contributed by atoms with Crippen LogP contribution in [-0.4, -0.2) is 19.0 Å². The first kappa shape index (κ1) is 20.1. The normalized spacial score (nSPS) is 10.5. The second-order valence-corrected chi connectivity index (χ2v) is 6.57. The van der Waals surface area contributed by atoms with Gasteiger partial charge in [0, 0.05) is 0 Å². The van der Waals surface area contributed by atoms with Gasteiger partial charge < -0.3 is 4.74 Å². The Labute approximate surface area is 161 Å². The Bertz CT molecular complexity index is 800. The fraction of sp³-hybridized carbons (Fsp3) is 0.300. The molecule has 0 fully saturated rings. The average Bonchev–Trinajstić information content (AvgIpc) is 2.64. The van der Waals surface area contributed by atoms with E-state index >= 15 is 0 Å². The van der Waals surface area contributed by atoms with Crippen molar-refractivity contribution in [2.45, 2.75) is 33.1 Å². The predicted molar refractivity (Wildman–Crippen MR) is 103 cm³/mol. The van der Waals surface area contributed by atoms with Crippen molar-refractivity contribution in [2.24, 2.45) is 0 Å². The molecule has 1 amide bonds. The standard InChI is InChI=1S/C20H21BrFNO3/c1-4-13-7-6-8-14(5-2)20(13)23(18(24)12-19(25)26-3)15-9-10-17(22)16(21)11-15/h6-11H,4-5,12H2,1-3H3. The Morgan fingerprint density at radius 2 is 1.73 bits per heavy atom. The van der Waals surface area contributed by atoms with Crippen molar-refractivity contribution in [3.05, 3.63) is 57.8 Å². The topological polar surface area (TPSA) is 46.6 Å². The van der Waals surface area contributed by atoms with Crippen LogP contribution in [0.1, 0.15) is 31.4 Å². The number of rotatable bonds is 6. The van der Waals surface area contributed by atoms with Gasteiger partial charge in [0.05, 0.1) is 23.0 Å². The number of aryl methyl sites for hydroxylation is 2. The Kier molecular flexibility index (Phi) is 6.91. The number of methoxy groups -OCH3 is 1. The number of carbonyl (C=O) groups is 2. The molecule has 0 atom stereocenters. The van der Waals surface area contributed by atoms with Crippen LogP contribution in [0.15, 0.2) is 40.9 Å². The molecule has 0 radical (unpaired) electrons. The molecule has 0 aliphatic carbocycles. The lowest BCUT2D eigenvalue weighted by molar-refractivity contribution is -0.143. The molecular weight excluding hydrogens is 401 g/mol. The number of hydrogen-bond acceptors (Lipinski definition) is 3. The van der Waals surface area contributed by atoms with E-state index in [2.05, 4.69) is 20.7 Å². The van der Waals surface area contributed by atoms with Crippen LogP contribution in [0.3, 0.4) is 0 Å². The molecular formula is C20H21BrFNO3. The van der Waals surface area contributed by atoms with Gasteiger partial charge in [-0.05, 0) is 58.1 Å². The zero-order valence-corrected chi connectivity index (χ0v) is 16.6. The number of esters is 1. The molecule has 0 bridgehead atoms. The van der Waals surface area contributed by atoms with Crippen molar-refractivity contribution in [3.63, 3.8) is 0 Å². The average molecular weight is 422 g/mol. The number of para-hydroxylation sites is 1. The van der Waals surface area contributed by atoms with E-state index in [1.165, 1.54) is 30.2 Å². The highest BCUT2D eigenvalue weighted by Gasteiger charge is 2.25. The molecule has 2 rings (SSSR count). The molecule has 0 aliphatic heterocycles. The van der Waals surface area contributed by atoms with Crippen molar-refractivity contribution in [2.75, 3.05) is 12.0 Å². The van der Waals surface area contributed by atoms with Gasteiger partial charge in [-0.15, -0.1) is 0 Å². The van der Waals surface area contributed by atoms with Crippen molar-refractivity contribution in [1.29, 1.82) is 0 Å². The van der Waals surface area contributed by atoms with E-state index < -0.39 is 24.1 Å². The van der Waals surface area contributed by atoms with E-state index in [0.29, 0.717) is 18.5 Å². The van der Waals surface area contributed by atoms with Gasteiger partial charge in [0.15, 0.2) is 0 Å². The van der Waals surface area contributed by atoms with Gasteiger partial charge in [0.1, 0.15) is 12.2 Å². The summed E-state index contributed by atoms with van der Waals surface area (Å²) in [5, 5.41) is 0. The summed E-state index contributed by atoms with van der Waals surface area (Å²) in [7, 11) is 1.24. The third-order valence-corrected chi connectivity index (χ3v) is 4.73. The Morgan fingerprint density at radius 1 is 1.12 bits per heavy atom. The summed E-state index contributed by atoms with van der Waals surface area (Å²) in [6, 6.07) is 10.2. The number of anilines is 2. The summed E-state index contributed by atoms with van der Waals surface area (Å²) in [6.45, 7) is 4.00. The molecule has 2 aromatic rings. The number of benzene rings is 2. The smallest absolute Gasteiger partial charge is 0.315 e. The highest BCUT2D eigenvalue weighted by Crippen LogP contribution is 2.35. The van der Waals surface area contributed by atoms with Crippen molar-refractivity contribution in [3.8, 4) is 0 Å². The zero-order chi connectivity index (χ0) is 19.3. The van der Waals surface area contributed by atoms with Crippen LogP contribution in [0.5, 0.6) is 0 Å². The molecule has 0 N–H and O–H groups in total. The Hall–Kier alpha value is -2.21. The lowest BCUT2D eigenvalue weighted by Crippen LogP contribution is -2.30. The molecule has 0 heterocycles. The van der Waals surface area contributed by atoms with Gasteiger partial charge in [0.2, 0.25) is 5.91 Å². The Morgan fingerprint density at radius 3 is 2.23 bits per heavy atom. The summed E-state index contributed by atoms with van der Waals surface area (Å²) in [4.78, 5) is 26.1. The minimum atomic E-state index is -0.617. The molecule has 0 aromatic heterocycles. The second-order valence-electron chi connectivity index (χ2n) is 5.71. The summed E-state index contributed by atoms with van der Waals surface area (Å²) >= 11 is 3.17. The molecule has 0 unspecified atom stereocenters. The first-order valence-electron chi connectivity index (χ1n) is 8.38. The molecule has 0 spiro atoms. The fourth-order valence-corrected chi connectivity index (χ4v) is 3.17. The molecule has 2 aromatic carbocycles. The second kappa shape index (κ2) is 8.94. The summed E-state index contributed by atoms with van der Waals surface area (Å²) in [5.41, 5.74) is 3.18. The molecule has 6 heteroatoms. The van der Waals surface area contributed by atoms with E-state index in [4.69, 9.17) is 0 Å². The number of amides is 1. The van der Waals surface area contributed by atoms with Gasteiger partial charge in [-0.25, -0.2) is 4.39 Å².